The van der Waals surface area contributed by atoms with E-state index in [1.54, 1.807) is 0 Å². The standard InChI is InChI=1S/C21H22N6O/c1-14-7-6-8-15(2)19(14)22-13-17-11-18(28)27-21(24-17)25-20(26-27)23-12-16-9-4-3-5-10-16/h3-11,22H,12-13H2,1-2H3,(H2,23,24,25,26). The number of anilines is 2. The van der Waals surface area contributed by atoms with Crippen molar-refractivity contribution in [2.24, 2.45) is 0 Å². The van der Waals surface area contributed by atoms with Crippen molar-refractivity contribution in [1.82, 2.24) is 19.6 Å². The monoisotopic (exact) mass is 374 g/mol. The number of nitrogens with zero attached hydrogens (tertiary/aromatic N) is 3. The molecule has 7 nitrogen and oxygen atoms in total. The maximum Gasteiger partial charge on any atom is 0.274 e. The van der Waals surface area contributed by atoms with Gasteiger partial charge in [0.15, 0.2) is 0 Å². The van der Waals surface area contributed by atoms with E-state index in [0.717, 1.165) is 22.4 Å². The van der Waals surface area contributed by atoms with Crippen LogP contribution in [0.15, 0.2) is 59.4 Å². The van der Waals surface area contributed by atoms with Crippen LogP contribution in [0.1, 0.15) is 22.4 Å². The first-order valence-electron chi connectivity index (χ1n) is 9.17. The summed E-state index contributed by atoms with van der Waals surface area (Å²) >= 11 is 0. The lowest BCUT2D eigenvalue weighted by molar-refractivity contribution is 0.874. The van der Waals surface area contributed by atoms with E-state index in [-0.39, 0.29) is 5.56 Å². The SMILES string of the molecule is Cc1cccc(C)c1NCc1cc(=O)n2[nH]c(NCc3ccccc3)nc2n1. The van der Waals surface area contributed by atoms with E-state index >= 15 is 0 Å². The van der Waals surface area contributed by atoms with E-state index in [9.17, 15) is 4.79 Å². The molecule has 142 valence electrons. The van der Waals surface area contributed by atoms with Crippen molar-refractivity contribution in [3.63, 3.8) is 0 Å². The van der Waals surface area contributed by atoms with Crippen LogP contribution in [0.5, 0.6) is 0 Å². The third-order valence-corrected chi connectivity index (χ3v) is 4.61. The van der Waals surface area contributed by atoms with Gasteiger partial charge in [0.05, 0.1) is 12.2 Å². The van der Waals surface area contributed by atoms with Gasteiger partial charge >= 0.3 is 0 Å². The molecule has 3 N–H and O–H groups in total. The lowest BCUT2D eigenvalue weighted by Gasteiger charge is -2.11. The number of para-hydroxylation sites is 1. The Balaban J connectivity index is 1.52. The molecule has 0 saturated carbocycles. The smallest absolute Gasteiger partial charge is 0.274 e. The molecule has 28 heavy (non-hydrogen) atoms. The topological polar surface area (TPSA) is 87.1 Å². The van der Waals surface area contributed by atoms with Gasteiger partial charge in [-0.15, -0.1) is 0 Å². The van der Waals surface area contributed by atoms with Gasteiger partial charge in [-0.3, -0.25) is 9.89 Å². The Hall–Kier alpha value is -3.61. The first kappa shape index (κ1) is 17.8. The fourth-order valence-electron chi connectivity index (χ4n) is 3.15. The van der Waals surface area contributed by atoms with E-state index < -0.39 is 0 Å². The van der Waals surface area contributed by atoms with Crippen molar-refractivity contribution < 1.29 is 0 Å². The zero-order valence-corrected chi connectivity index (χ0v) is 15.9. The van der Waals surface area contributed by atoms with Crippen molar-refractivity contribution in [1.29, 1.82) is 0 Å². The van der Waals surface area contributed by atoms with E-state index in [1.165, 1.54) is 10.6 Å². The number of hydrogen-bond acceptors (Lipinski definition) is 5. The van der Waals surface area contributed by atoms with Crippen LogP contribution in [0.3, 0.4) is 0 Å². The summed E-state index contributed by atoms with van der Waals surface area (Å²) in [6.45, 7) is 5.17. The minimum Gasteiger partial charge on any atom is -0.379 e. The van der Waals surface area contributed by atoms with Gasteiger partial charge in [-0.25, -0.2) is 4.98 Å². The molecule has 0 bridgehead atoms. The number of aromatic nitrogens is 4. The number of aromatic amines is 1. The number of aryl methyl sites for hydroxylation is 2. The van der Waals surface area contributed by atoms with Crippen molar-refractivity contribution in [3.05, 3.63) is 87.3 Å². The zero-order chi connectivity index (χ0) is 19.5. The van der Waals surface area contributed by atoms with Gasteiger partial charge in [0.2, 0.25) is 5.95 Å². The molecule has 2 aromatic carbocycles. The number of benzene rings is 2. The number of fused-ring (bicyclic) bond motifs is 1. The van der Waals surface area contributed by atoms with Gasteiger partial charge in [0, 0.05) is 18.3 Å². The molecule has 0 amide bonds. The average molecular weight is 374 g/mol. The summed E-state index contributed by atoms with van der Waals surface area (Å²) in [5.41, 5.74) is 4.96. The largest absolute Gasteiger partial charge is 0.379 e. The fraction of sp³-hybridized carbons (Fsp3) is 0.190. The molecule has 7 heteroatoms. The molecule has 0 spiro atoms. The van der Waals surface area contributed by atoms with Gasteiger partial charge < -0.3 is 10.6 Å². The second kappa shape index (κ2) is 7.56. The number of H-pyrrole nitrogens is 1. The zero-order valence-electron chi connectivity index (χ0n) is 15.9. The Labute approximate surface area is 162 Å². The summed E-state index contributed by atoms with van der Waals surface area (Å²) in [6, 6.07) is 17.6. The summed E-state index contributed by atoms with van der Waals surface area (Å²) in [4.78, 5) is 21.3. The summed E-state index contributed by atoms with van der Waals surface area (Å²) < 4.78 is 1.34. The van der Waals surface area contributed by atoms with Crippen LogP contribution in [-0.2, 0) is 13.1 Å². The number of hydrogen-bond donors (Lipinski definition) is 3. The third-order valence-electron chi connectivity index (χ3n) is 4.61. The number of nitrogens with one attached hydrogen (secondary N) is 3. The Morgan fingerprint density at radius 3 is 2.43 bits per heavy atom. The van der Waals surface area contributed by atoms with Gasteiger partial charge in [-0.05, 0) is 30.5 Å². The van der Waals surface area contributed by atoms with Crippen molar-refractivity contribution in [2.45, 2.75) is 26.9 Å². The van der Waals surface area contributed by atoms with Gasteiger partial charge in [-0.2, -0.15) is 9.50 Å². The molecule has 4 aromatic rings. The van der Waals surface area contributed by atoms with Gasteiger partial charge in [0.25, 0.3) is 11.3 Å². The molecule has 2 heterocycles. The van der Waals surface area contributed by atoms with Gasteiger partial charge in [0.1, 0.15) is 0 Å². The maximum absolute atomic E-state index is 12.4. The average Bonchev–Trinajstić information content (AvgIpc) is 3.10. The van der Waals surface area contributed by atoms with Crippen LogP contribution < -0.4 is 16.2 Å². The van der Waals surface area contributed by atoms with Crippen LogP contribution in [0.4, 0.5) is 11.6 Å². The molecule has 0 fully saturated rings. The Bertz CT molecular complexity index is 1140. The van der Waals surface area contributed by atoms with Crippen LogP contribution in [-0.4, -0.2) is 19.6 Å². The highest BCUT2D eigenvalue weighted by Crippen LogP contribution is 2.19. The molecule has 0 radical (unpaired) electrons. The minimum atomic E-state index is -0.191. The molecule has 0 aliphatic carbocycles. The Kier molecular flexibility index (Phi) is 4.80. The second-order valence-electron chi connectivity index (χ2n) is 6.75. The summed E-state index contributed by atoms with van der Waals surface area (Å²) in [6.07, 6.45) is 0. The van der Waals surface area contributed by atoms with Gasteiger partial charge in [-0.1, -0.05) is 48.5 Å². The summed E-state index contributed by atoms with van der Waals surface area (Å²) in [7, 11) is 0. The van der Waals surface area contributed by atoms with E-state index in [2.05, 4.69) is 51.7 Å². The van der Waals surface area contributed by atoms with Crippen molar-refractivity contribution in [3.8, 4) is 0 Å². The lowest BCUT2D eigenvalue weighted by Crippen LogP contribution is -2.17. The lowest BCUT2D eigenvalue weighted by atomic mass is 10.1. The van der Waals surface area contributed by atoms with E-state index in [0.29, 0.717) is 30.5 Å². The van der Waals surface area contributed by atoms with Crippen LogP contribution >= 0.6 is 0 Å². The van der Waals surface area contributed by atoms with Crippen molar-refractivity contribution in [2.75, 3.05) is 10.6 Å². The first-order chi connectivity index (χ1) is 13.6. The predicted molar refractivity (Wildman–Crippen MR) is 111 cm³/mol. The molecule has 0 aliphatic heterocycles. The molecular formula is C21H22N6O. The maximum atomic E-state index is 12.4. The van der Waals surface area contributed by atoms with Crippen molar-refractivity contribution >= 4 is 17.4 Å². The second-order valence-corrected chi connectivity index (χ2v) is 6.75. The first-order valence-corrected chi connectivity index (χ1v) is 9.17. The highest BCUT2D eigenvalue weighted by Gasteiger charge is 2.09. The molecule has 4 rings (SSSR count). The fourth-order valence-corrected chi connectivity index (χ4v) is 3.15. The van der Waals surface area contributed by atoms with Crippen LogP contribution in [0.2, 0.25) is 0 Å². The minimum absolute atomic E-state index is 0.191. The highest BCUT2D eigenvalue weighted by molar-refractivity contribution is 5.56. The predicted octanol–water partition coefficient (Wildman–Crippen LogP) is 3.26. The quantitative estimate of drug-likeness (QED) is 0.482. The molecular weight excluding hydrogens is 352 g/mol. The molecule has 0 unspecified atom stereocenters. The van der Waals surface area contributed by atoms with Crippen LogP contribution in [0, 0.1) is 13.8 Å². The molecule has 0 atom stereocenters. The highest BCUT2D eigenvalue weighted by atomic mass is 16.1. The molecule has 2 aromatic heterocycles. The number of rotatable bonds is 6. The van der Waals surface area contributed by atoms with E-state index in [4.69, 9.17) is 0 Å². The summed E-state index contributed by atoms with van der Waals surface area (Å²) in [5.74, 6) is 0.856. The Morgan fingerprint density at radius 1 is 0.929 bits per heavy atom. The normalized spacial score (nSPS) is 10.9. The third kappa shape index (κ3) is 3.73. The Morgan fingerprint density at radius 2 is 1.68 bits per heavy atom. The molecule has 0 aliphatic rings. The van der Waals surface area contributed by atoms with Crippen LogP contribution in [0.25, 0.3) is 5.78 Å². The summed E-state index contributed by atoms with van der Waals surface area (Å²) in [5, 5.41) is 9.52. The van der Waals surface area contributed by atoms with E-state index in [1.807, 2.05) is 36.4 Å². The molecule has 0 saturated heterocycles.